The maximum atomic E-state index is 8.71. The van der Waals surface area contributed by atoms with Crippen LogP contribution < -0.4 is 4.90 Å². The first-order chi connectivity index (χ1) is 7.70. The Bertz CT molecular complexity index is 389. The molecule has 1 aliphatic heterocycles. The first-order valence-corrected chi connectivity index (χ1v) is 5.82. The largest absolute Gasteiger partial charge is 0.356 e. The molecule has 3 heteroatoms. The third-order valence-electron chi connectivity index (χ3n) is 3.37. The number of rotatable bonds is 2. The summed E-state index contributed by atoms with van der Waals surface area (Å²) >= 11 is 0. The summed E-state index contributed by atoms with van der Waals surface area (Å²) in [6.07, 6.45) is 2.90. The summed E-state index contributed by atoms with van der Waals surface area (Å²) in [5.74, 6) is 2.52. The molecule has 16 heavy (non-hydrogen) atoms. The highest BCUT2D eigenvalue weighted by Crippen LogP contribution is 2.26. The van der Waals surface area contributed by atoms with Crippen molar-refractivity contribution in [3.05, 3.63) is 23.9 Å². The molecule has 0 aliphatic carbocycles. The summed E-state index contributed by atoms with van der Waals surface area (Å²) in [5, 5.41) is 8.71. The SMILES string of the molecule is CC(C)C1CCN(c2ccc(C#N)cn2)C1. The van der Waals surface area contributed by atoms with Crippen LogP contribution in [0.5, 0.6) is 0 Å². The Morgan fingerprint density at radius 3 is 2.81 bits per heavy atom. The first kappa shape index (κ1) is 10.9. The van der Waals surface area contributed by atoms with Crippen molar-refractivity contribution in [2.75, 3.05) is 18.0 Å². The van der Waals surface area contributed by atoms with E-state index in [2.05, 4.69) is 29.8 Å². The Morgan fingerprint density at radius 2 is 2.31 bits per heavy atom. The molecule has 1 aromatic heterocycles. The van der Waals surface area contributed by atoms with Crippen molar-refractivity contribution in [1.82, 2.24) is 4.98 Å². The fraction of sp³-hybridized carbons (Fsp3) is 0.538. The van der Waals surface area contributed by atoms with Crippen molar-refractivity contribution in [2.24, 2.45) is 11.8 Å². The van der Waals surface area contributed by atoms with Gasteiger partial charge in [-0.3, -0.25) is 0 Å². The molecule has 0 amide bonds. The average molecular weight is 215 g/mol. The van der Waals surface area contributed by atoms with Crippen molar-refractivity contribution < 1.29 is 0 Å². The van der Waals surface area contributed by atoms with E-state index >= 15 is 0 Å². The monoisotopic (exact) mass is 215 g/mol. The van der Waals surface area contributed by atoms with Crippen LogP contribution in [0.2, 0.25) is 0 Å². The van der Waals surface area contributed by atoms with Crippen LogP contribution in [0.3, 0.4) is 0 Å². The molecule has 1 atom stereocenters. The maximum absolute atomic E-state index is 8.71. The van der Waals surface area contributed by atoms with Gasteiger partial charge in [0, 0.05) is 19.3 Å². The minimum Gasteiger partial charge on any atom is -0.356 e. The second-order valence-corrected chi connectivity index (χ2v) is 4.76. The van der Waals surface area contributed by atoms with E-state index < -0.39 is 0 Å². The third-order valence-corrected chi connectivity index (χ3v) is 3.37. The highest BCUT2D eigenvalue weighted by Gasteiger charge is 2.25. The summed E-state index contributed by atoms with van der Waals surface area (Å²) in [6.45, 7) is 6.74. The van der Waals surface area contributed by atoms with Gasteiger partial charge in [0.1, 0.15) is 11.9 Å². The van der Waals surface area contributed by atoms with Crippen molar-refractivity contribution >= 4 is 5.82 Å². The number of aromatic nitrogens is 1. The highest BCUT2D eigenvalue weighted by atomic mass is 15.2. The summed E-state index contributed by atoms with van der Waals surface area (Å²) < 4.78 is 0. The van der Waals surface area contributed by atoms with E-state index in [-0.39, 0.29) is 0 Å². The van der Waals surface area contributed by atoms with E-state index in [1.807, 2.05) is 12.1 Å². The van der Waals surface area contributed by atoms with Gasteiger partial charge in [-0.25, -0.2) is 4.98 Å². The van der Waals surface area contributed by atoms with Crippen molar-refractivity contribution in [1.29, 1.82) is 5.26 Å². The maximum Gasteiger partial charge on any atom is 0.128 e. The van der Waals surface area contributed by atoms with Crippen molar-refractivity contribution in [3.8, 4) is 6.07 Å². The van der Waals surface area contributed by atoms with Crippen LogP contribution in [-0.4, -0.2) is 18.1 Å². The van der Waals surface area contributed by atoms with Gasteiger partial charge in [0.2, 0.25) is 0 Å². The number of nitriles is 1. The van der Waals surface area contributed by atoms with Crippen LogP contribution in [0.25, 0.3) is 0 Å². The average Bonchev–Trinajstić information content (AvgIpc) is 2.78. The Morgan fingerprint density at radius 1 is 1.50 bits per heavy atom. The zero-order valence-electron chi connectivity index (χ0n) is 9.85. The highest BCUT2D eigenvalue weighted by molar-refractivity contribution is 5.42. The van der Waals surface area contributed by atoms with Crippen LogP contribution in [0.1, 0.15) is 25.8 Å². The molecule has 0 aromatic carbocycles. The zero-order chi connectivity index (χ0) is 11.5. The summed E-state index contributed by atoms with van der Waals surface area (Å²) in [4.78, 5) is 6.64. The fourth-order valence-corrected chi connectivity index (χ4v) is 2.18. The fourth-order valence-electron chi connectivity index (χ4n) is 2.18. The predicted octanol–water partition coefficient (Wildman–Crippen LogP) is 2.44. The molecule has 1 fully saturated rings. The van der Waals surface area contributed by atoms with Gasteiger partial charge in [0.15, 0.2) is 0 Å². The van der Waals surface area contributed by atoms with Gasteiger partial charge in [-0.2, -0.15) is 5.26 Å². The van der Waals surface area contributed by atoms with Gasteiger partial charge in [-0.15, -0.1) is 0 Å². The summed E-state index contributed by atoms with van der Waals surface area (Å²) in [7, 11) is 0. The quantitative estimate of drug-likeness (QED) is 0.760. The van der Waals surface area contributed by atoms with Crippen LogP contribution in [0.4, 0.5) is 5.82 Å². The normalized spacial score (nSPS) is 20.1. The molecule has 1 aromatic rings. The molecule has 0 bridgehead atoms. The van der Waals surface area contributed by atoms with Crippen LogP contribution in [0.15, 0.2) is 18.3 Å². The van der Waals surface area contributed by atoms with E-state index in [0.29, 0.717) is 5.56 Å². The lowest BCUT2D eigenvalue weighted by atomic mass is 9.95. The van der Waals surface area contributed by atoms with Gasteiger partial charge in [-0.05, 0) is 30.4 Å². The molecule has 0 saturated carbocycles. The molecule has 2 rings (SSSR count). The molecule has 1 aliphatic rings. The Kier molecular flexibility index (Phi) is 3.09. The van der Waals surface area contributed by atoms with E-state index in [4.69, 9.17) is 5.26 Å². The molecular formula is C13H17N3. The van der Waals surface area contributed by atoms with Crippen LogP contribution in [-0.2, 0) is 0 Å². The van der Waals surface area contributed by atoms with E-state index in [9.17, 15) is 0 Å². The minimum absolute atomic E-state index is 0.628. The number of anilines is 1. The number of pyridine rings is 1. The Balaban J connectivity index is 2.06. The summed E-state index contributed by atoms with van der Waals surface area (Å²) in [6, 6.07) is 5.87. The Hall–Kier alpha value is -1.56. The lowest BCUT2D eigenvalue weighted by Gasteiger charge is -2.18. The molecular weight excluding hydrogens is 198 g/mol. The number of nitrogens with zero attached hydrogens (tertiary/aromatic N) is 3. The van der Waals surface area contributed by atoms with Gasteiger partial charge in [-0.1, -0.05) is 13.8 Å². The smallest absolute Gasteiger partial charge is 0.128 e. The first-order valence-electron chi connectivity index (χ1n) is 5.82. The molecule has 0 N–H and O–H groups in total. The molecule has 2 heterocycles. The van der Waals surface area contributed by atoms with Gasteiger partial charge < -0.3 is 4.90 Å². The van der Waals surface area contributed by atoms with E-state index in [0.717, 1.165) is 30.7 Å². The molecule has 1 unspecified atom stereocenters. The van der Waals surface area contributed by atoms with Gasteiger partial charge in [0.05, 0.1) is 5.56 Å². The van der Waals surface area contributed by atoms with Crippen LogP contribution >= 0.6 is 0 Å². The molecule has 84 valence electrons. The van der Waals surface area contributed by atoms with Crippen molar-refractivity contribution in [3.63, 3.8) is 0 Å². The topological polar surface area (TPSA) is 39.9 Å². The standard InChI is InChI=1S/C13H17N3/c1-10(2)12-5-6-16(9-12)13-4-3-11(7-14)8-15-13/h3-4,8,10,12H,5-6,9H2,1-2H3. The second kappa shape index (κ2) is 4.52. The predicted molar refractivity (Wildman–Crippen MR) is 64.1 cm³/mol. The van der Waals surface area contributed by atoms with Gasteiger partial charge in [0.25, 0.3) is 0 Å². The van der Waals surface area contributed by atoms with Gasteiger partial charge >= 0.3 is 0 Å². The Labute approximate surface area is 96.7 Å². The second-order valence-electron chi connectivity index (χ2n) is 4.76. The van der Waals surface area contributed by atoms with E-state index in [1.165, 1.54) is 6.42 Å². The third kappa shape index (κ3) is 2.16. The minimum atomic E-state index is 0.628. The molecule has 0 spiro atoms. The van der Waals surface area contributed by atoms with Crippen LogP contribution in [0, 0.1) is 23.2 Å². The molecule has 3 nitrogen and oxygen atoms in total. The molecule has 0 radical (unpaired) electrons. The lowest BCUT2D eigenvalue weighted by molar-refractivity contribution is 0.422. The van der Waals surface area contributed by atoms with Crippen molar-refractivity contribution in [2.45, 2.75) is 20.3 Å². The number of hydrogen-bond donors (Lipinski definition) is 0. The van der Waals surface area contributed by atoms with E-state index in [1.54, 1.807) is 6.20 Å². The summed E-state index contributed by atoms with van der Waals surface area (Å²) in [5.41, 5.74) is 0.628. The molecule has 1 saturated heterocycles. The number of hydrogen-bond acceptors (Lipinski definition) is 3. The zero-order valence-corrected chi connectivity index (χ0v) is 9.85. The lowest BCUT2D eigenvalue weighted by Crippen LogP contribution is -2.22.